The van der Waals surface area contributed by atoms with Gasteiger partial charge in [0.2, 0.25) is 16.6 Å². The van der Waals surface area contributed by atoms with Gasteiger partial charge in [0.25, 0.3) is 6.47 Å². The largest absolute Gasteiger partial charge is 0.480 e. The van der Waals surface area contributed by atoms with E-state index in [2.05, 4.69) is 244 Å². The van der Waals surface area contributed by atoms with Crippen molar-refractivity contribution in [1.82, 2.24) is 0 Å². The van der Waals surface area contributed by atoms with Crippen molar-refractivity contribution in [3.8, 4) is 0 Å². The van der Waals surface area contributed by atoms with E-state index in [0.717, 1.165) is 0 Å². The van der Waals surface area contributed by atoms with Crippen molar-refractivity contribution in [2.75, 3.05) is 146 Å². The molecule has 0 spiro atoms. The standard InChI is InChI=1S/C48H102O14Si4.C23H52O5Si2.C6H10O6.2C2H4.33CH4/c1-23-47(25-29-51-35-37-57-63(15,16)43(3,4)5,26-30-52-36-38-58-64(17,18)44(6,7)8)59-41(49)39-53-33-34-54-40-42(50)60-48(24-2,27-31-55-61-65(19,20)45(9,10)11)28-32-56-62-66(21,22)46(12,13)14;1-12-23(24,13-15-25-17-19-27-29(8,9)21(2,3)4)14-16-26-18-20-28-30(10,11)22(5,6)7;7-4-12-5-11-2-1-10-3-6(8)9;2*1-2;;;;;;;;;;;;;;;;;;;;;;;;;;;;;;;;;/h23-40H2,1-22H3;24H,12-20H2,1-11H3;4H,1-3,5H2,(H,8,9);2*1-2H2;33*1H4. The highest BCUT2D eigenvalue weighted by Crippen LogP contribution is 2.42. The van der Waals surface area contributed by atoms with Gasteiger partial charge in [-0.15, -0.1) is 26.3 Å². The van der Waals surface area contributed by atoms with E-state index in [4.69, 9.17) is 79.6 Å². The first-order valence-electron chi connectivity index (χ1n) is 40.4. The lowest BCUT2D eigenvalue weighted by molar-refractivity contribution is -0.243. The fraction of sp³-hybridized carbons (Fsp3) is 0.930. The SMILES string of the molecule is C.C.C.C.C.C.C.C.C.C.C.C.C.C.C.C.C.C.C.C.C.C.C.C.C.C.C.C.C.C.C.C.C.C=C.C=C.CCC(CCOCCO[Si](C)(C)C(C)(C)C)(CCOCCO[Si](C)(C)C(C)(C)C)OC(=O)COCCOCC(=O)OC(CC)(CCOO[Si](C)(C)C(C)(C)C)CCOO[Si](C)(C)C(C)(C)C.CCC(O)(CCOCCO[Si](C)(C)C(C)(C)C)CCOCCO[Si](C)(C)C(C)(C)C.O=COCOCCOCC(=O)O. The summed E-state index contributed by atoms with van der Waals surface area (Å²) in [6.45, 7) is 90.4. The van der Waals surface area contributed by atoms with Crippen molar-refractivity contribution in [3.05, 3.63) is 26.3 Å². The van der Waals surface area contributed by atoms with Crippen LogP contribution in [0.1, 0.15) is 448 Å². The van der Waals surface area contributed by atoms with E-state index >= 15 is 0 Å². The molecule has 2 N–H and O–H groups in total. The predicted octanol–water partition coefficient (Wildman–Crippen LogP) is 39.8. The van der Waals surface area contributed by atoms with E-state index in [1.165, 1.54) is 0 Å². The number of aliphatic carboxylic acids is 1. The molecule has 0 aliphatic rings. The predicted molar refractivity (Wildman–Crippen MR) is 688 cm³/mol. The molecule has 0 unspecified atom stereocenters. The molecule has 0 aliphatic heterocycles. The zero-order chi connectivity index (χ0) is 88.3. The first kappa shape index (κ1) is 262. The maximum Gasteiger partial charge on any atom is 0.332 e. The number of carbonyl (C=O) groups is 4. The molecular weight excluding hydrogens is 1940 g/mol. The van der Waals surface area contributed by atoms with Crippen LogP contribution in [0.15, 0.2) is 26.3 Å². The van der Waals surface area contributed by atoms with E-state index < -0.39 is 84.6 Å². The van der Waals surface area contributed by atoms with E-state index in [-0.39, 0.29) is 348 Å². The fourth-order valence-electron chi connectivity index (χ4n) is 7.99. The highest BCUT2D eigenvalue weighted by atomic mass is 28.4. The number of carbonyl (C=O) groups excluding carboxylic acids is 3. The van der Waals surface area contributed by atoms with E-state index in [9.17, 15) is 24.3 Å². The molecule has 0 aromatic carbocycles. The molecule has 0 amide bonds. The van der Waals surface area contributed by atoms with E-state index in [1.54, 1.807) is 0 Å². The smallest absolute Gasteiger partial charge is 0.332 e. The Balaban J connectivity index is -0.0000000348. The molecule has 31 heteroatoms. The highest BCUT2D eigenvalue weighted by Gasteiger charge is 2.44. The van der Waals surface area contributed by atoms with Crippen molar-refractivity contribution >= 4 is 74.3 Å². The molecule has 0 bridgehead atoms. The van der Waals surface area contributed by atoms with Gasteiger partial charge < -0.3 is 80.0 Å². The Morgan fingerprint density at radius 3 is 0.628 bits per heavy atom. The van der Waals surface area contributed by atoms with Crippen LogP contribution in [0.4, 0.5) is 0 Å². The summed E-state index contributed by atoms with van der Waals surface area (Å²) in [5.41, 5.74) is -2.44. The van der Waals surface area contributed by atoms with Crippen LogP contribution in [0.3, 0.4) is 0 Å². The second-order valence-electron chi connectivity index (χ2n) is 37.2. The van der Waals surface area contributed by atoms with Crippen LogP contribution in [-0.4, -0.2) is 247 Å². The van der Waals surface area contributed by atoms with Gasteiger partial charge in [-0.3, -0.25) is 13.9 Å². The van der Waals surface area contributed by atoms with Crippen LogP contribution in [-0.2, 0) is 108 Å². The van der Waals surface area contributed by atoms with Gasteiger partial charge >= 0.3 is 17.9 Å². The fourth-order valence-corrected chi connectivity index (χ4v) is 13.4. The minimum atomic E-state index is -2.15. The number of aliphatic hydroxyl groups is 1. The van der Waals surface area contributed by atoms with E-state index in [1.807, 2.05) is 20.8 Å². The Bertz CT molecular complexity index is 2310. The summed E-state index contributed by atoms with van der Waals surface area (Å²) in [5.74, 6) is -2.05. The highest BCUT2D eigenvalue weighted by molar-refractivity contribution is 6.76. The molecule has 0 radical (unpaired) electrons. The molecule has 0 heterocycles. The summed E-state index contributed by atoms with van der Waals surface area (Å²) in [6, 6.07) is 0. The second kappa shape index (κ2) is 129. The van der Waals surface area contributed by atoms with Crippen molar-refractivity contribution in [2.45, 2.75) is 574 Å². The van der Waals surface area contributed by atoms with Crippen molar-refractivity contribution in [2.24, 2.45) is 0 Å². The zero-order valence-electron chi connectivity index (χ0n) is 77.6. The molecule has 0 atom stereocenters. The molecule has 0 aromatic rings. The molecule has 25 nitrogen and oxygen atoms in total. The lowest BCUT2D eigenvalue weighted by Gasteiger charge is -2.36. The van der Waals surface area contributed by atoms with Crippen LogP contribution >= 0.6 is 0 Å². The first-order valence-corrected chi connectivity index (χ1v) is 57.9. The Hall–Kier alpha value is -2.02. The van der Waals surface area contributed by atoms with E-state index in [0.29, 0.717) is 137 Å². The molecule has 0 aromatic heterocycles. The molecule has 0 saturated heterocycles. The lowest BCUT2D eigenvalue weighted by Crippen LogP contribution is -2.43. The summed E-state index contributed by atoms with van der Waals surface area (Å²) in [6.07, 6.45) is 4.81. The van der Waals surface area contributed by atoms with Gasteiger partial charge in [0.15, 0.2) is 40.1 Å². The lowest BCUT2D eigenvalue weighted by atomic mass is 9.92. The van der Waals surface area contributed by atoms with Crippen LogP contribution in [0.2, 0.25) is 109 Å². The average Bonchev–Trinajstić information content (AvgIpc) is 0.821. The number of rotatable bonds is 58. The van der Waals surface area contributed by atoms with Crippen molar-refractivity contribution in [1.29, 1.82) is 0 Å². The van der Waals surface area contributed by atoms with Gasteiger partial charge in [0.1, 0.15) is 31.0 Å². The number of ether oxygens (including phenoxy) is 11. The van der Waals surface area contributed by atoms with Gasteiger partial charge in [-0.2, -0.15) is 0 Å². The van der Waals surface area contributed by atoms with Gasteiger partial charge in [-0.05, 0) is 141 Å². The molecule has 0 fully saturated rings. The summed E-state index contributed by atoms with van der Waals surface area (Å²) in [4.78, 5) is 57.5. The monoisotopic (exact) mass is 2240 g/mol. The normalized spacial score (nSPS) is 10.3. The van der Waals surface area contributed by atoms with Crippen LogP contribution in [0.5, 0.6) is 0 Å². The van der Waals surface area contributed by atoms with Crippen molar-refractivity contribution in [3.63, 3.8) is 0 Å². The van der Waals surface area contributed by atoms with Gasteiger partial charge in [0.05, 0.1) is 111 Å². The zero-order valence-corrected chi connectivity index (χ0v) is 83.6. The average molecular weight is 2240 g/mol. The van der Waals surface area contributed by atoms with Gasteiger partial charge in [-0.25, -0.2) is 24.2 Å². The summed E-state index contributed by atoms with van der Waals surface area (Å²) in [7, 11) is -11.5. The van der Waals surface area contributed by atoms with Crippen LogP contribution < -0.4 is 0 Å². The third-order valence-electron chi connectivity index (χ3n) is 22.5. The molecule has 0 aliphatic carbocycles. The number of hydrogen-bond acceptors (Lipinski definition) is 24. The number of carboxylic acid groups (broad SMARTS) is 1. The first-order chi connectivity index (χ1) is 51.2. The van der Waals surface area contributed by atoms with Crippen LogP contribution in [0.25, 0.3) is 0 Å². The van der Waals surface area contributed by atoms with Crippen LogP contribution in [0, 0.1) is 0 Å². The Labute approximate surface area is 932 Å². The van der Waals surface area contributed by atoms with Crippen molar-refractivity contribution < 1.29 is 118 Å². The number of hydrogen-bond donors (Lipinski definition) is 2. The maximum atomic E-state index is 13.2. The molecule has 0 saturated carbocycles. The molecule has 145 heavy (non-hydrogen) atoms. The Morgan fingerprint density at radius 2 is 0.441 bits per heavy atom. The topological polar surface area (TPSA) is 284 Å². The Morgan fingerprint density at radius 1 is 0.255 bits per heavy atom. The maximum absolute atomic E-state index is 13.2. The minimum absolute atomic E-state index is 0. The summed E-state index contributed by atoms with van der Waals surface area (Å²) >= 11 is 0. The summed E-state index contributed by atoms with van der Waals surface area (Å²) < 4.78 is 97.2. The van der Waals surface area contributed by atoms with Gasteiger partial charge in [0, 0.05) is 38.9 Å². The quantitative estimate of drug-likeness (QED) is 0.00658. The number of esters is 2. The third-order valence-corrected chi connectivity index (χ3v) is 48.9. The second-order valence-corrected chi connectivity index (χ2v) is 65.8. The Kier molecular flexibility index (Phi) is 232. The summed E-state index contributed by atoms with van der Waals surface area (Å²) in [5, 5.41) is 19.5. The number of carboxylic acids is 1. The third kappa shape index (κ3) is 122. The minimum Gasteiger partial charge on any atom is -0.480 e. The molecule has 0 rings (SSSR count). The van der Waals surface area contributed by atoms with Gasteiger partial charge in [-0.1, -0.05) is 390 Å². The molecule has 934 valence electrons. The molecular formula is C114H304O25Si6.